The Kier molecular flexibility index (Phi) is 12.1. The van der Waals surface area contributed by atoms with Crippen molar-refractivity contribution in [3.63, 3.8) is 0 Å². The van der Waals surface area contributed by atoms with Crippen molar-refractivity contribution in [1.82, 2.24) is 0 Å². The molecule has 0 aromatic carbocycles. The van der Waals surface area contributed by atoms with E-state index >= 15 is 0 Å². The SMILES string of the molecule is CCC=C(C)C12C=CCCC1C(=O)OC2=O.CCCCCCCCCCC=CC1CC(=O)OC1=O. The molecule has 35 heavy (non-hydrogen) atoms. The van der Waals surface area contributed by atoms with Crippen molar-refractivity contribution >= 4 is 23.9 Å². The topological polar surface area (TPSA) is 86.7 Å². The molecular formula is C29H42O6. The molecule has 0 aromatic heterocycles. The van der Waals surface area contributed by atoms with Gasteiger partial charge in [0.15, 0.2) is 0 Å². The number of hydrogen-bond donors (Lipinski definition) is 0. The summed E-state index contributed by atoms with van der Waals surface area (Å²) in [6, 6.07) is 0. The van der Waals surface area contributed by atoms with Gasteiger partial charge in [0.2, 0.25) is 0 Å². The highest BCUT2D eigenvalue weighted by molar-refractivity contribution is 6.02. The van der Waals surface area contributed by atoms with Gasteiger partial charge < -0.3 is 9.47 Å². The summed E-state index contributed by atoms with van der Waals surface area (Å²) in [5.41, 5.74) is 0.137. The molecular weight excluding hydrogens is 444 g/mol. The molecule has 2 heterocycles. The van der Waals surface area contributed by atoms with Crippen LogP contribution in [0.4, 0.5) is 0 Å². The molecule has 0 saturated carbocycles. The summed E-state index contributed by atoms with van der Waals surface area (Å²) in [6.45, 7) is 6.16. The summed E-state index contributed by atoms with van der Waals surface area (Å²) in [5, 5.41) is 0. The van der Waals surface area contributed by atoms with Gasteiger partial charge in [-0.25, -0.2) is 0 Å². The summed E-state index contributed by atoms with van der Waals surface area (Å²) in [6.07, 6.45) is 23.8. The highest BCUT2D eigenvalue weighted by atomic mass is 16.6. The van der Waals surface area contributed by atoms with Crippen molar-refractivity contribution in [1.29, 1.82) is 0 Å². The van der Waals surface area contributed by atoms with Gasteiger partial charge in [-0.2, -0.15) is 0 Å². The molecule has 3 aliphatic rings. The fourth-order valence-electron chi connectivity index (χ4n) is 4.97. The summed E-state index contributed by atoms with van der Waals surface area (Å²) >= 11 is 0. The molecule has 6 nitrogen and oxygen atoms in total. The Morgan fingerprint density at radius 3 is 2.29 bits per heavy atom. The lowest BCUT2D eigenvalue weighted by atomic mass is 9.67. The second kappa shape index (κ2) is 14.8. The number of cyclic esters (lactones) is 4. The Bertz CT molecular complexity index is 836. The van der Waals surface area contributed by atoms with Crippen LogP contribution >= 0.6 is 0 Å². The first-order valence-corrected chi connectivity index (χ1v) is 13.4. The second-order valence-electron chi connectivity index (χ2n) is 9.70. The molecule has 0 bridgehead atoms. The van der Waals surface area contributed by atoms with E-state index in [-0.39, 0.29) is 24.2 Å². The van der Waals surface area contributed by atoms with Crippen LogP contribution in [-0.4, -0.2) is 23.9 Å². The van der Waals surface area contributed by atoms with E-state index in [2.05, 4.69) is 11.7 Å². The maximum Gasteiger partial charge on any atom is 0.328 e. The molecule has 0 spiro atoms. The average Bonchev–Trinajstić information content (AvgIpc) is 3.30. The molecule has 3 rings (SSSR count). The van der Waals surface area contributed by atoms with Crippen molar-refractivity contribution in [3.05, 3.63) is 36.0 Å². The number of hydrogen-bond acceptors (Lipinski definition) is 6. The zero-order valence-corrected chi connectivity index (χ0v) is 21.7. The highest BCUT2D eigenvalue weighted by Gasteiger charge is 2.57. The summed E-state index contributed by atoms with van der Waals surface area (Å²) < 4.78 is 9.30. The lowest BCUT2D eigenvalue weighted by molar-refractivity contribution is -0.155. The minimum absolute atomic E-state index is 0.215. The minimum atomic E-state index is -0.800. The van der Waals surface area contributed by atoms with Gasteiger partial charge in [-0.3, -0.25) is 19.2 Å². The monoisotopic (exact) mass is 486 g/mol. The van der Waals surface area contributed by atoms with Crippen LogP contribution in [0.15, 0.2) is 36.0 Å². The number of carbonyl (C=O) groups excluding carboxylic acids is 4. The lowest BCUT2D eigenvalue weighted by Gasteiger charge is -2.30. The van der Waals surface area contributed by atoms with Gasteiger partial charge in [0, 0.05) is 0 Å². The van der Waals surface area contributed by atoms with Crippen LogP contribution in [0.1, 0.15) is 104 Å². The molecule has 0 aromatic rings. The number of unbranched alkanes of at least 4 members (excludes halogenated alkanes) is 8. The number of allylic oxidation sites excluding steroid dienone is 3. The predicted octanol–water partition coefficient (Wildman–Crippen LogP) is 6.54. The standard InChI is InChI=1S/C16H26O3.C13H16O3/c1-2-3-4-5-6-7-8-9-10-11-12-14-13-15(17)19-16(14)18;1-3-6-9(2)13-8-5-4-7-10(13)11(14)16-12(13)15/h11-12,14H,2-10,13H2,1H3;5-6,8,10H,3-4,7H2,1-2H3. The number of rotatable bonds is 12. The first-order chi connectivity index (χ1) is 16.9. The normalized spacial score (nSPS) is 26.0. The van der Waals surface area contributed by atoms with Gasteiger partial charge in [0.1, 0.15) is 5.41 Å². The maximum atomic E-state index is 11.9. The first-order valence-electron chi connectivity index (χ1n) is 13.4. The molecule has 0 amide bonds. The molecule has 2 fully saturated rings. The highest BCUT2D eigenvalue weighted by Crippen LogP contribution is 2.48. The molecule has 2 aliphatic heterocycles. The number of esters is 4. The van der Waals surface area contributed by atoms with Crippen LogP contribution in [0.5, 0.6) is 0 Å². The molecule has 0 radical (unpaired) electrons. The van der Waals surface area contributed by atoms with Crippen molar-refractivity contribution < 1.29 is 28.7 Å². The van der Waals surface area contributed by atoms with Gasteiger partial charge in [-0.1, -0.05) is 94.7 Å². The van der Waals surface area contributed by atoms with Gasteiger partial charge >= 0.3 is 23.9 Å². The van der Waals surface area contributed by atoms with E-state index in [1.165, 1.54) is 51.4 Å². The van der Waals surface area contributed by atoms with Crippen molar-refractivity contribution in [2.75, 3.05) is 0 Å². The van der Waals surface area contributed by atoms with Crippen molar-refractivity contribution in [2.45, 2.75) is 104 Å². The van der Waals surface area contributed by atoms with Crippen LogP contribution in [0, 0.1) is 17.3 Å². The smallest absolute Gasteiger partial charge is 0.328 e. The van der Waals surface area contributed by atoms with E-state index in [4.69, 9.17) is 4.74 Å². The van der Waals surface area contributed by atoms with Gasteiger partial charge in [0.25, 0.3) is 0 Å². The first kappa shape index (κ1) is 28.7. The molecule has 3 unspecified atom stereocenters. The third-order valence-electron chi connectivity index (χ3n) is 7.03. The van der Waals surface area contributed by atoms with Crippen LogP contribution in [0.25, 0.3) is 0 Å². The maximum absolute atomic E-state index is 11.9. The Labute approximate surface area is 210 Å². The van der Waals surface area contributed by atoms with E-state index in [0.717, 1.165) is 24.8 Å². The Morgan fingerprint density at radius 2 is 1.66 bits per heavy atom. The van der Waals surface area contributed by atoms with Gasteiger partial charge in [-0.05, 0) is 39.0 Å². The molecule has 2 saturated heterocycles. The minimum Gasteiger partial charge on any atom is -0.393 e. The Morgan fingerprint density at radius 1 is 0.971 bits per heavy atom. The molecule has 1 aliphatic carbocycles. The summed E-state index contributed by atoms with van der Waals surface area (Å²) in [7, 11) is 0. The summed E-state index contributed by atoms with van der Waals surface area (Å²) in [5.74, 6) is -2.20. The molecule has 3 atom stereocenters. The zero-order valence-electron chi connectivity index (χ0n) is 21.7. The fourth-order valence-corrected chi connectivity index (χ4v) is 4.97. The molecule has 6 heteroatoms. The van der Waals surface area contributed by atoms with Gasteiger partial charge in [-0.15, -0.1) is 0 Å². The number of fused-ring (bicyclic) bond motifs is 1. The molecule has 194 valence electrons. The quantitative estimate of drug-likeness (QED) is 0.135. The van der Waals surface area contributed by atoms with E-state index in [1.54, 1.807) is 0 Å². The van der Waals surface area contributed by atoms with Crippen LogP contribution < -0.4 is 0 Å². The largest absolute Gasteiger partial charge is 0.393 e. The number of carbonyl (C=O) groups is 4. The third-order valence-corrected chi connectivity index (χ3v) is 7.03. The van der Waals surface area contributed by atoms with Crippen LogP contribution in [-0.2, 0) is 28.7 Å². The summed E-state index contributed by atoms with van der Waals surface area (Å²) in [4.78, 5) is 45.6. The fraction of sp³-hybridized carbons (Fsp3) is 0.655. The predicted molar refractivity (Wildman–Crippen MR) is 135 cm³/mol. The van der Waals surface area contributed by atoms with Crippen molar-refractivity contribution in [2.24, 2.45) is 17.3 Å². The Hall–Kier alpha value is -2.50. The van der Waals surface area contributed by atoms with Crippen molar-refractivity contribution in [3.8, 4) is 0 Å². The van der Waals surface area contributed by atoms with E-state index < -0.39 is 23.3 Å². The van der Waals surface area contributed by atoms with Crippen LogP contribution in [0.2, 0.25) is 0 Å². The number of ether oxygens (including phenoxy) is 2. The third kappa shape index (κ3) is 8.01. The second-order valence-corrected chi connectivity index (χ2v) is 9.70. The van der Waals surface area contributed by atoms with E-state index in [1.807, 2.05) is 44.2 Å². The van der Waals surface area contributed by atoms with E-state index in [9.17, 15) is 19.2 Å². The van der Waals surface area contributed by atoms with Crippen LogP contribution in [0.3, 0.4) is 0 Å². The average molecular weight is 487 g/mol. The molecule has 0 N–H and O–H groups in total. The Balaban J connectivity index is 0.000000250. The van der Waals surface area contributed by atoms with Gasteiger partial charge in [0.05, 0.1) is 18.3 Å². The van der Waals surface area contributed by atoms with E-state index in [0.29, 0.717) is 6.42 Å². The lowest BCUT2D eigenvalue weighted by Crippen LogP contribution is -2.35. The zero-order chi connectivity index (χ0) is 25.7.